The van der Waals surface area contributed by atoms with Crippen LogP contribution in [0.4, 0.5) is 0 Å². The van der Waals surface area contributed by atoms with E-state index < -0.39 is 0 Å². The highest BCUT2D eigenvalue weighted by atomic mass is 79.9. The third-order valence-corrected chi connectivity index (χ3v) is 5.36. The van der Waals surface area contributed by atoms with Gasteiger partial charge in [-0.15, -0.1) is 0 Å². The molecule has 2 amide bonds. The summed E-state index contributed by atoms with van der Waals surface area (Å²) in [5.41, 5.74) is 0.732. The number of piperidine rings is 1. The van der Waals surface area contributed by atoms with Gasteiger partial charge in [0, 0.05) is 24.7 Å². The smallest absolute Gasteiger partial charge is 0.287 e. The lowest BCUT2D eigenvalue weighted by Crippen LogP contribution is -2.46. The molecule has 0 aliphatic carbocycles. The van der Waals surface area contributed by atoms with Crippen molar-refractivity contribution in [2.24, 2.45) is 0 Å². The number of nitrogens with one attached hydrogen (secondary N) is 1. The van der Waals surface area contributed by atoms with E-state index in [0.717, 1.165) is 29.2 Å². The summed E-state index contributed by atoms with van der Waals surface area (Å²) < 4.78 is 5.82. The SMILES string of the molecule is O=C(NC1CCN(C(=O)c2cccc3ccccc23)CC1)c1ccc(Br)o1. The summed E-state index contributed by atoms with van der Waals surface area (Å²) in [6.07, 6.45) is 1.45. The molecule has 1 fully saturated rings. The van der Waals surface area contributed by atoms with E-state index in [4.69, 9.17) is 4.42 Å². The molecule has 1 aliphatic rings. The number of hydrogen-bond acceptors (Lipinski definition) is 3. The van der Waals surface area contributed by atoms with Gasteiger partial charge < -0.3 is 14.6 Å². The Balaban J connectivity index is 1.40. The molecule has 0 saturated carbocycles. The summed E-state index contributed by atoms with van der Waals surface area (Å²) in [5, 5.41) is 5.03. The Morgan fingerprint density at radius 2 is 1.74 bits per heavy atom. The number of amides is 2. The Bertz CT molecular complexity index is 985. The number of fused-ring (bicyclic) bond motifs is 1. The molecule has 138 valence electrons. The van der Waals surface area contributed by atoms with Crippen molar-refractivity contribution in [1.29, 1.82) is 0 Å². The maximum absolute atomic E-state index is 13.0. The zero-order valence-corrected chi connectivity index (χ0v) is 16.2. The van der Waals surface area contributed by atoms with Gasteiger partial charge >= 0.3 is 0 Å². The quantitative estimate of drug-likeness (QED) is 0.681. The second-order valence-corrected chi connectivity index (χ2v) is 7.45. The molecule has 1 aromatic heterocycles. The lowest BCUT2D eigenvalue weighted by Gasteiger charge is -2.32. The van der Waals surface area contributed by atoms with Gasteiger partial charge in [-0.25, -0.2) is 0 Å². The molecule has 3 aromatic rings. The minimum atomic E-state index is -0.223. The number of carbonyl (C=O) groups is 2. The van der Waals surface area contributed by atoms with Gasteiger partial charge in [-0.3, -0.25) is 9.59 Å². The van der Waals surface area contributed by atoms with Crippen molar-refractivity contribution in [2.45, 2.75) is 18.9 Å². The maximum atomic E-state index is 13.0. The van der Waals surface area contributed by atoms with Gasteiger partial charge in [-0.2, -0.15) is 0 Å². The predicted octanol–water partition coefficient (Wildman–Crippen LogP) is 4.23. The zero-order chi connectivity index (χ0) is 18.8. The molecule has 2 heterocycles. The lowest BCUT2D eigenvalue weighted by atomic mass is 10.0. The van der Waals surface area contributed by atoms with Crippen LogP contribution in [0.5, 0.6) is 0 Å². The normalized spacial score (nSPS) is 15.1. The van der Waals surface area contributed by atoms with E-state index in [1.807, 2.05) is 47.4 Å². The number of hydrogen-bond donors (Lipinski definition) is 1. The fourth-order valence-corrected chi connectivity index (χ4v) is 3.81. The van der Waals surface area contributed by atoms with Gasteiger partial charge in [0.2, 0.25) is 0 Å². The summed E-state index contributed by atoms with van der Waals surface area (Å²) in [7, 11) is 0. The number of halogens is 1. The Hall–Kier alpha value is -2.60. The van der Waals surface area contributed by atoms with Crippen molar-refractivity contribution in [1.82, 2.24) is 10.2 Å². The zero-order valence-electron chi connectivity index (χ0n) is 14.7. The van der Waals surface area contributed by atoms with Crippen LogP contribution in [0, 0.1) is 0 Å². The van der Waals surface area contributed by atoms with E-state index >= 15 is 0 Å². The van der Waals surface area contributed by atoms with Crippen molar-refractivity contribution in [2.75, 3.05) is 13.1 Å². The fraction of sp³-hybridized carbons (Fsp3) is 0.238. The summed E-state index contributed by atoms with van der Waals surface area (Å²) in [6.45, 7) is 1.24. The molecule has 0 unspecified atom stereocenters. The Labute approximate surface area is 165 Å². The molecule has 27 heavy (non-hydrogen) atoms. The predicted molar refractivity (Wildman–Crippen MR) is 107 cm³/mol. The Kier molecular flexibility index (Phi) is 4.99. The summed E-state index contributed by atoms with van der Waals surface area (Å²) in [4.78, 5) is 27.1. The Morgan fingerprint density at radius 1 is 1.00 bits per heavy atom. The first-order chi connectivity index (χ1) is 13.1. The highest BCUT2D eigenvalue weighted by molar-refractivity contribution is 9.10. The van der Waals surface area contributed by atoms with Crippen LogP contribution in [0.3, 0.4) is 0 Å². The largest absolute Gasteiger partial charge is 0.444 e. The molecule has 0 spiro atoms. The van der Waals surface area contributed by atoms with E-state index in [-0.39, 0.29) is 23.6 Å². The van der Waals surface area contributed by atoms with Crippen LogP contribution < -0.4 is 5.32 Å². The number of likely N-dealkylation sites (tertiary alicyclic amines) is 1. The van der Waals surface area contributed by atoms with Crippen LogP contribution in [0.25, 0.3) is 10.8 Å². The highest BCUT2D eigenvalue weighted by Gasteiger charge is 2.26. The van der Waals surface area contributed by atoms with Crippen LogP contribution in [0.1, 0.15) is 33.8 Å². The molecule has 0 radical (unpaired) electrons. The van der Waals surface area contributed by atoms with Gasteiger partial charge in [0.25, 0.3) is 11.8 Å². The minimum Gasteiger partial charge on any atom is -0.444 e. The average Bonchev–Trinajstić information content (AvgIpc) is 3.14. The van der Waals surface area contributed by atoms with Crippen molar-refractivity contribution < 1.29 is 14.0 Å². The first-order valence-electron chi connectivity index (χ1n) is 8.95. The van der Waals surface area contributed by atoms with Crippen molar-refractivity contribution >= 4 is 38.5 Å². The van der Waals surface area contributed by atoms with E-state index in [9.17, 15) is 9.59 Å². The van der Waals surface area contributed by atoms with Crippen LogP contribution >= 0.6 is 15.9 Å². The van der Waals surface area contributed by atoms with E-state index in [1.54, 1.807) is 12.1 Å². The van der Waals surface area contributed by atoms with Crippen molar-refractivity contribution in [3.05, 3.63) is 70.6 Å². The number of rotatable bonds is 3. The molecule has 5 nitrogen and oxygen atoms in total. The van der Waals surface area contributed by atoms with Crippen molar-refractivity contribution in [3.8, 4) is 0 Å². The van der Waals surface area contributed by atoms with E-state index in [1.165, 1.54) is 0 Å². The standard InChI is InChI=1S/C21H19BrN2O3/c22-19-9-8-18(27-19)20(25)23-15-10-12-24(13-11-15)21(26)17-7-3-5-14-4-1-2-6-16(14)17/h1-9,15H,10-13H2,(H,23,25). The Morgan fingerprint density at radius 3 is 2.48 bits per heavy atom. The van der Waals surface area contributed by atoms with Crippen molar-refractivity contribution in [3.63, 3.8) is 0 Å². The number of benzene rings is 2. The fourth-order valence-electron chi connectivity index (χ4n) is 3.50. The van der Waals surface area contributed by atoms with Gasteiger partial charge in [0.1, 0.15) is 0 Å². The van der Waals surface area contributed by atoms with Crippen LogP contribution in [0.2, 0.25) is 0 Å². The first-order valence-corrected chi connectivity index (χ1v) is 9.74. The third kappa shape index (κ3) is 3.76. The van der Waals surface area contributed by atoms with Crippen LogP contribution in [-0.4, -0.2) is 35.8 Å². The van der Waals surface area contributed by atoms with Gasteiger partial charge in [0.05, 0.1) is 0 Å². The summed E-state index contributed by atoms with van der Waals surface area (Å²) in [5.74, 6) is 0.113. The molecule has 0 atom stereocenters. The molecule has 1 N–H and O–H groups in total. The van der Waals surface area contributed by atoms with Gasteiger partial charge in [0.15, 0.2) is 10.4 Å². The molecule has 4 rings (SSSR count). The van der Waals surface area contributed by atoms with Gasteiger partial charge in [-0.1, -0.05) is 36.4 Å². The number of furan rings is 1. The summed E-state index contributed by atoms with van der Waals surface area (Å²) >= 11 is 3.20. The number of carbonyl (C=O) groups excluding carboxylic acids is 2. The highest BCUT2D eigenvalue weighted by Crippen LogP contribution is 2.22. The first kappa shape index (κ1) is 17.8. The third-order valence-electron chi connectivity index (χ3n) is 4.93. The van der Waals surface area contributed by atoms with Gasteiger partial charge in [-0.05, 0) is 57.7 Å². The average molecular weight is 427 g/mol. The molecule has 0 bridgehead atoms. The monoisotopic (exact) mass is 426 g/mol. The number of nitrogens with zero attached hydrogens (tertiary/aromatic N) is 1. The summed E-state index contributed by atoms with van der Waals surface area (Å²) in [6, 6.07) is 17.1. The van der Waals surface area contributed by atoms with E-state index in [2.05, 4.69) is 21.2 Å². The molecule has 6 heteroatoms. The molecule has 1 saturated heterocycles. The minimum absolute atomic E-state index is 0.0398. The van der Waals surface area contributed by atoms with Crippen LogP contribution in [-0.2, 0) is 0 Å². The molecular weight excluding hydrogens is 408 g/mol. The second-order valence-electron chi connectivity index (χ2n) is 6.67. The maximum Gasteiger partial charge on any atom is 0.287 e. The second kappa shape index (κ2) is 7.56. The van der Waals surface area contributed by atoms with E-state index in [0.29, 0.717) is 17.8 Å². The van der Waals surface area contributed by atoms with Crippen LogP contribution in [0.15, 0.2) is 63.7 Å². The molecule has 1 aliphatic heterocycles. The topological polar surface area (TPSA) is 62.6 Å². The molecule has 2 aromatic carbocycles. The lowest BCUT2D eigenvalue weighted by molar-refractivity contribution is 0.0697. The molecular formula is C21H19BrN2O3.